The summed E-state index contributed by atoms with van der Waals surface area (Å²) in [6.45, 7) is 4.09. The summed E-state index contributed by atoms with van der Waals surface area (Å²) in [4.78, 5) is 26.4. The van der Waals surface area contributed by atoms with Gasteiger partial charge in [0, 0.05) is 23.2 Å². The van der Waals surface area contributed by atoms with Gasteiger partial charge in [0.2, 0.25) is 17.0 Å². The number of nitrogens with two attached hydrogens (primary N) is 1. The number of carbonyl (C=O) groups is 2. The standard InChI is InChI=1S/C18H23ClN6O2S/c1-3-24(9-15(26)21-14-8-13(19)7-4-11(14)2)16(27)10-28-18-23-22-17(25(18)20)12-5-6-12/h4,7-8,12H,3,5-6,9-10,20H2,1-2H3,(H,21,26). The van der Waals surface area contributed by atoms with E-state index in [1.54, 1.807) is 12.1 Å². The number of amides is 2. The number of nitrogens with one attached hydrogen (secondary N) is 1. The molecule has 1 aromatic heterocycles. The molecule has 0 saturated heterocycles. The number of rotatable bonds is 8. The van der Waals surface area contributed by atoms with Crippen LogP contribution in [-0.4, -0.2) is 50.4 Å². The lowest BCUT2D eigenvalue weighted by Crippen LogP contribution is -2.39. The molecule has 0 atom stereocenters. The first kappa shape index (κ1) is 20.5. The molecule has 0 unspecified atom stereocenters. The molecule has 0 spiro atoms. The zero-order chi connectivity index (χ0) is 20.3. The van der Waals surface area contributed by atoms with Crippen LogP contribution in [0.3, 0.4) is 0 Å². The molecule has 2 amide bonds. The van der Waals surface area contributed by atoms with Crippen LogP contribution in [0, 0.1) is 6.92 Å². The van der Waals surface area contributed by atoms with E-state index in [4.69, 9.17) is 17.4 Å². The van der Waals surface area contributed by atoms with Crippen LogP contribution in [0.25, 0.3) is 0 Å². The van der Waals surface area contributed by atoms with E-state index in [2.05, 4.69) is 15.5 Å². The summed E-state index contributed by atoms with van der Waals surface area (Å²) in [6, 6.07) is 5.28. The van der Waals surface area contributed by atoms with Gasteiger partial charge < -0.3 is 16.1 Å². The lowest BCUT2D eigenvalue weighted by molar-refractivity contribution is -0.132. The van der Waals surface area contributed by atoms with Gasteiger partial charge in [0.15, 0.2) is 5.82 Å². The van der Waals surface area contributed by atoms with Gasteiger partial charge >= 0.3 is 0 Å². The van der Waals surface area contributed by atoms with E-state index in [1.165, 1.54) is 21.3 Å². The highest BCUT2D eigenvalue weighted by molar-refractivity contribution is 7.99. The Morgan fingerprint density at radius 3 is 2.82 bits per heavy atom. The van der Waals surface area contributed by atoms with Crippen molar-refractivity contribution in [3.8, 4) is 0 Å². The fourth-order valence-corrected chi connectivity index (χ4v) is 3.63. The van der Waals surface area contributed by atoms with E-state index in [-0.39, 0.29) is 24.1 Å². The van der Waals surface area contributed by atoms with Gasteiger partial charge in [0.25, 0.3) is 0 Å². The first-order chi connectivity index (χ1) is 13.4. The van der Waals surface area contributed by atoms with Gasteiger partial charge in [-0.15, -0.1) is 10.2 Å². The van der Waals surface area contributed by atoms with Crippen LogP contribution < -0.4 is 11.2 Å². The second kappa shape index (κ2) is 8.83. The lowest BCUT2D eigenvalue weighted by atomic mass is 10.2. The predicted molar refractivity (Wildman–Crippen MR) is 110 cm³/mol. The molecule has 3 N–H and O–H groups in total. The first-order valence-corrected chi connectivity index (χ1v) is 10.4. The van der Waals surface area contributed by atoms with Crippen LogP contribution in [-0.2, 0) is 9.59 Å². The van der Waals surface area contributed by atoms with E-state index < -0.39 is 0 Å². The second-order valence-corrected chi connectivity index (χ2v) is 8.07. The molecule has 1 heterocycles. The highest BCUT2D eigenvalue weighted by Crippen LogP contribution is 2.39. The number of hydrogen-bond acceptors (Lipinski definition) is 6. The van der Waals surface area contributed by atoms with Crippen molar-refractivity contribution >= 4 is 40.9 Å². The van der Waals surface area contributed by atoms with Crippen molar-refractivity contribution in [2.75, 3.05) is 30.0 Å². The molecule has 1 aliphatic carbocycles. The molecule has 0 radical (unpaired) electrons. The Hall–Kier alpha value is -2.26. The number of aryl methyl sites for hydroxylation is 1. The van der Waals surface area contributed by atoms with Crippen LogP contribution in [0.4, 0.5) is 5.69 Å². The molecule has 10 heteroatoms. The number of anilines is 1. The van der Waals surface area contributed by atoms with Crippen molar-refractivity contribution in [3.63, 3.8) is 0 Å². The third kappa shape index (κ3) is 4.96. The first-order valence-electron chi connectivity index (χ1n) is 9.06. The van der Waals surface area contributed by atoms with Gasteiger partial charge in [-0.1, -0.05) is 29.4 Å². The van der Waals surface area contributed by atoms with E-state index in [0.717, 1.165) is 24.2 Å². The molecule has 28 heavy (non-hydrogen) atoms. The molecule has 1 aromatic carbocycles. The minimum Gasteiger partial charge on any atom is -0.336 e. The Morgan fingerprint density at radius 2 is 2.14 bits per heavy atom. The fraction of sp³-hybridized carbons (Fsp3) is 0.444. The van der Waals surface area contributed by atoms with E-state index in [1.807, 2.05) is 19.9 Å². The van der Waals surface area contributed by atoms with Crippen LogP contribution in [0.2, 0.25) is 5.02 Å². The summed E-state index contributed by atoms with van der Waals surface area (Å²) in [7, 11) is 0. The van der Waals surface area contributed by atoms with Gasteiger partial charge in [0.05, 0.1) is 12.3 Å². The number of aromatic nitrogens is 3. The van der Waals surface area contributed by atoms with E-state index in [0.29, 0.717) is 28.3 Å². The molecule has 1 aliphatic rings. The third-order valence-electron chi connectivity index (χ3n) is 4.50. The summed E-state index contributed by atoms with van der Waals surface area (Å²) >= 11 is 7.20. The van der Waals surface area contributed by atoms with Gasteiger partial charge in [-0.3, -0.25) is 9.59 Å². The van der Waals surface area contributed by atoms with Crippen LogP contribution in [0.5, 0.6) is 0 Å². The lowest BCUT2D eigenvalue weighted by Gasteiger charge is -2.20. The zero-order valence-corrected chi connectivity index (χ0v) is 17.4. The summed E-state index contributed by atoms with van der Waals surface area (Å²) in [5.41, 5.74) is 1.54. The number of nitrogens with zero attached hydrogens (tertiary/aromatic N) is 4. The maximum absolute atomic E-state index is 12.5. The molecule has 150 valence electrons. The Kier molecular flexibility index (Phi) is 6.46. The average molecular weight is 423 g/mol. The molecular weight excluding hydrogens is 400 g/mol. The quantitative estimate of drug-likeness (QED) is 0.499. The number of nitrogen functional groups attached to an aromatic ring is 1. The van der Waals surface area contributed by atoms with Crippen molar-refractivity contribution in [2.24, 2.45) is 0 Å². The predicted octanol–water partition coefficient (Wildman–Crippen LogP) is 2.41. The third-order valence-corrected chi connectivity index (χ3v) is 5.66. The van der Waals surface area contributed by atoms with Crippen molar-refractivity contribution in [3.05, 3.63) is 34.6 Å². The summed E-state index contributed by atoms with van der Waals surface area (Å²) in [6.07, 6.45) is 2.15. The fourth-order valence-electron chi connectivity index (χ4n) is 2.69. The Labute approximate surface area is 172 Å². The van der Waals surface area contributed by atoms with E-state index >= 15 is 0 Å². The van der Waals surface area contributed by atoms with Gasteiger partial charge in [0.1, 0.15) is 0 Å². The summed E-state index contributed by atoms with van der Waals surface area (Å²) < 4.78 is 1.46. The second-order valence-electron chi connectivity index (χ2n) is 6.69. The zero-order valence-electron chi connectivity index (χ0n) is 15.8. The van der Waals surface area contributed by atoms with Crippen molar-refractivity contribution < 1.29 is 9.59 Å². The number of carbonyl (C=O) groups excluding carboxylic acids is 2. The number of benzene rings is 1. The largest absolute Gasteiger partial charge is 0.336 e. The molecule has 3 rings (SSSR count). The minimum atomic E-state index is -0.274. The number of likely N-dealkylation sites (N-methyl/N-ethyl adjacent to an activating group) is 1. The highest BCUT2D eigenvalue weighted by atomic mass is 35.5. The SMILES string of the molecule is CCN(CC(=O)Nc1cc(Cl)ccc1C)C(=O)CSc1nnc(C2CC2)n1N. The van der Waals surface area contributed by atoms with Crippen LogP contribution >= 0.6 is 23.4 Å². The molecule has 0 aliphatic heterocycles. The van der Waals surface area contributed by atoms with Crippen LogP contribution in [0.1, 0.15) is 37.1 Å². The maximum atomic E-state index is 12.5. The highest BCUT2D eigenvalue weighted by Gasteiger charge is 2.30. The molecular formula is C18H23ClN6O2S. The smallest absolute Gasteiger partial charge is 0.244 e. The average Bonchev–Trinajstić information content (AvgIpc) is 3.44. The molecule has 1 saturated carbocycles. The Bertz CT molecular complexity index is 883. The van der Waals surface area contributed by atoms with Crippen LogP contribution in [0.15, 0.2) is 23.4 Å². The van der Waals surface area contributed by atoms with Crippen molar-refractivity contribution in [1.29, 1.82) is 0 Å². The van der Waals surface area contributed by atoms with Gasteiger partial charge in [-0.2, -0.15) is 0 Å². The summed E-state index contributed by atoms with van der Waals surface area (Å²) in [5.74, 6) is 6.84. The van der Waals surface area contributed by atoms with Crippen molar-refractivity contribution in [1.82, 2.24) is 19.8 Å². The number of halogens is 1. The monoisotopic (exact) mass is 422 g/mol. The van der Waals surface area contributed by atoms with Crippen molar-refractivity contribution in [2.45, 2.75) is 37.8 Å². The van der Waals surface area contributed by atoms with Gasteiger partial charge in [-0.05, 0) is 44.4 Å². The summed E-state index contributed by atoms with van der Waals surface area (Å²) in [5, 5.41) is 12.0. The Morgan fingerprint density at radius 1 is 1.39 bits per heavy atom. The topological polar surface area (TPSA) is 106 Å². The van der Waals surface area contributed by atoms with Gasteiger partial charge in [-0.25, -0.2) is 4.68 Å². The van der Waals surface area contributed by atoms with E-state index in [9.17, 15) is 9.59 Å². The number of hydrogen-bond donors (Lipinski definition) is 2. The number of thioether (sulfide) groups is 1. The normalized spacial score (nSPS) is 13.4. The Balaban J connectivity index is 1.54. The molecule has 0 bridgehead atoms. The molecule has 1 fully saturated rings. The maximum Gasteiger partial charge on any atom is 0.244 e. The minimum absolute atomic E-state index is 0.0372. The molecule has 8 nitrogen and oxygen atoms in total. The molecule has 2 aromatic rings.